The van der Waals surface area contributed by atoms with Crippen molar-refractivity contribution in [2.75, 3.05) is 0 Å². The van der Waals surface area contributed by atoms with Gasteiger partial charge in [-0.25, -0.2) is 0 Å². The monoisotopic (exact) mass is 216 g/mol. The number of hydrogen-bond acceptors (Lipinski definition) is 1. The first-order valence-corrected chi connectivity index (χ1v) is 6.16. The lowest BCUT2D eigenvalue weighted by Crippen LogP contribution is -2.03. The van der Waals surface area contributed by atoms with E-state index < -0.39 is 0 Å². The van der Waals surface area contributed by atoms with Gasteiger partial charge in [-0.1, -0.05) is 19.9 Å². The molecule has 1 heteroatoms. The molecule has 1 aromatic rings. The highest BCUT2D eigenvalue weighted by Gasteiger charge is 2.27. The van der Waals surface area contributed by atoms with Crippen LogP contribution in [-0.2, 0) is 0 Å². The summed E-state index contributed by atoms with van der Waals surface area (Å²) < 4.78 is 0. The van der Waals surface area contributed by atoms with E-state index in [0.29, 0.717) is 5.92 Å². The lowest BCUT2D eigenvalue weighted by molar-refractivity contribution is 0.101. The van der Waals surface area contributed by atoms with Crippen molar-refractivity contribution in [2.45, 2.75) is 52.4 Å². The van der Waals surface area contributed by atoms with Crippen LogP contribution in [0.25, 0.3) is 0 Å². The fraction of sp³-hybridized carbons (Fsp3) is 0.533. The molecule has 0 N–H and O–H groups in total. The van der Waals surface area contributed by atoms with E-state index in [4.69, 9.17) is 0 Å². The van der Waals surface area contributed by atoms with E-state index in [9.17, 15) is 4.79 Å². The lowest BCUT2D eigenvalue weighted by Gasteiger charge is -2.15. The molecular weight excluding hydrogens is 196 g/mol. The zero-order valence-electron chi connectivity index (χ0n) is 10.6. The fourth-order valence-corrected chi connectivity index (χ4v) is 2.37. The van der Waals surface area contributed by atoms with Gasteiger partial charge in [-0.3, -0.25) is 4.79 Å². The zero-order valence-corrected chi connectivity index (χ0v) is 10.6. The largest absolute Gasteiger partial charge is 0.295 e. The Morgan fingerprint density at radius 2 is 1.94 bits per heavy atom. The summed E-state index contributed by atoms with van der Waals surface area (Å²) in [6, 6.07) is 4.36. The van der Waals surface area contributed by atoms with Crippen LogP contribution in [-0.4, -0.2) is 5.78 Å². The predicted molar refractivity (Wildman–Crippen MR) is 67.2 cm³/mol. The second-order valence-electron chi connectivity index (χ2n) is 5.28. The maximum absolute atomic E-state index is 11.5. The number of benzene rings is 1. The van der Waals surface area contributed by atoms with Gasteiger partial charge in [-0.15, -0.1) is 0 Å². The standard InChI is InChI=1S/C15H20O/c1-9(2)13-8-14(11(4)16)10(3)7-15(13)12-5-6-12/h7-9,12H,5-6H2,1-4H3. The predicted octanol–water partition coefficient (Wildman–Crippen LogP) is 4.20. The molecule has 1 aliphatic carbocycles. The first-order chi connectivity index (χ1) is 7.50. The third-order valence-corrected chi connectivity index (χ3v) is 3.45. The third kappa shape index (κ3) is 2.04. The average molecular weight is 216 g/mol. The SMILES string of the molecule is CC(=O)c1cc(C(C)C)c(C2CC2)cc1C. The van der Waals surface area contributed by atoms with Gasteiger partial charge in [0.05, 0.1) is 0 Å². The van der Waals surface area contributed by atoms with Crippen LogP contribution in [0, 0.1) is 6.92 Å². The van der Waals surface area contributed by atoms with Crippen molar-refractivity contribution >= 4 is 5.78 Å². The molecule has 1 aliphatic rings. The fourth-order valence-electron chi connectivity index (χ4n) is 2.37. The van der Waals surface area contributed by atoms with Gasteiger partial charge in [0.15, 0.2) is 5.78 Å². The number of Topliss-reactive ketones (excluding diaryl/α,β-unsaturated/α-hetero) is 1. The summed E-state index contributed by atoms with van der Waals surface area (Å²) in [5.41, 5.74) is 4.89. The van der Waals surface area contributed by atoms with Gasteiger partial charge in [0.2, 0.25) is 0 Å². The molecule has 0 radical (unpaired) electrons. The van der Waals surface area contributed by atoms with E-state index in [2.05, 4.69) is 26.0 Å². The summed E-state index contributed by atoms with van der Waals surface area (Å²) in [4.78, 5) is 11.5. The minimum atomic E-state index is 0.182. The first-order valence-electron chi connectivity index (χ1n) is 6.16. The summed E-state index contributed by atoms with van der Waals surface area (Å²) in [6.45, 7) is 8.12. The molecule has 86 valence electrons. The van der Waals surface area contributed by atoms with Crippen LogP contribution in [0.15, 0.2) is 12.1 Å². The van der Waals surface area contributed by atoms with Crippen molar-refractivity contribution in [1.29, 1.82) is 0 Å². The van der Waals surface area contributed by atoms with E-state index >= 15 is 0 Å². The number of rotatable bonds is 3. The first kappa shape index (κ1) is 11.4. The van der Waals surface area contributed by atoms with Crippen LogP contribution in [0.4, 0.5) is 0 Å². The Morgan fingerprint density at radius 1 is 1.31 bits per heavy atom. The molecule has 0 aromatic heterocycles. The smallest absolute Gasteiger partial charge is 0.160 e. The lowest BCUT2D eigenvalue weighted by atomic mass is 9.89. The second kappa shape index (κ2) is 4.04. The van der Waals surface area contributed by atoms with Crippen LogP contribution in [0.3, 0.4) is 0 Å². The summed E-state index contributed by atoms with van der Waals surface area (Å²) >= 11 is 0. The molecule has 0 bridgehead atoms. The zero-order chi connectivity index (χ0) is 11.9. The Hall–Kier alpha value is -1.11. The molecule has 16 heavy (non-hydrogen) atoms. The number of carbonyl (C=O) groups excluding carboxylic acids is 1. The van der Waals surface area contributed by atoms with Gasteiger partial charge in [-0.05, 0) is 61.3 Å². The maximum Gasteiger partial charge on any atom is 0.160 e. The summed E-state index contributed by atoms with van der Waals surface area (Å²) in [7, 11) is 0. The van der Waals surface area contributed by atoms with Crippen LogP contribution in [0.2, 0.25) is 0 Å². The van der Waals surface area contributed by atoms with Gasteiger partial charge in [-0.2, -0.15) is 0 Å². The second-order valence-corrected chi connectivity index (χ2v) is 5.28. The van der Waals surface area contributed by atoms with Gasteiger partial charge >= 0.3 is 0 Å². The van der Waals surface area contributed by atoms with E-state index in [0.717, 1.165) is 17.0 Å². The van der Waals surface area contributed by atoms with E-state index in [1.165, 1.54) is 24.0 Å². The molecule has 1 nitrogen and oxygen atoms in total. The summed E-state index contributed by atoms with van der Waals surface area (Å²) in [6.07, 6.45) is 2.64. The van der Waals surface area contributed by atoms with Crippen molar-refractivity contribution in [3.05, 3.63) is 34.4 Å². The van der Waals surface area contributed by atoms with Crippen LogP contribution in [0.5, 0.6) is 0 Å². The molecule has 1 aromatic carbocycles. The maximum atomic E-state index is 11.5. The summed E-state index contributed by atoms with van der Waals surface area (Å²) in [5.74, 6) is 1.45. The number of aryl methyl sites for hydroxylation is 1. The molecule has 2 rings (SSSR count). The Kier molecular flexibility index (Phi) is 2.88. The third-order valence-electron chi connectivity index (χ3n) is 3.45. The Morgan fingerprint density at radius 3 is 2.38 bits per heavy atom. The highest BCUT2D eigenvalue weighted by molar-refractivity contribution is 5.95. The van der Waals surface area contributed by atoms with Crippen LogP contribution in [0.1, 0.15) is 72.5 Å². The van der Waals surface area contributed by atoms with Crippen molar-refractivity contribution in [2.24, 2.45) is 0 Å². The number of ketones is 1. The molecule has 1 fully saturated rings. The van der Waals surface area contributed by atoms with E-state index in [1.807, 2.05) is 6.92 Å². The van der Waals surface area contributed by atoms with Crippen molar-refractivity contribution in [1.82, 2.24) is 0 Å². The van der Waals surface area contributed by atoms with Crippen molar-refractivity contribution in [3.8, 4) is 0 Å². The molecule has 1 saturated carbocycles. The highest BCUT2D eigenvalue weighted by atomic mass is 16.1. The van der Waals surface area contributed by atoms with Crippen LogP contribution < -0.4 is 0 Å². The van der Waals surface area contributed by atoms with Crippen molar-refractivity contribution < 1.29 is 4.79 Å². The molecule has 0 spiro atoms. The van der Waals surface area contributed by atoms with Crippen LogP contribution >= 0.6 is 0 Å². The molecular formula is C15H20O. The minimum absolute atomic E-state index is 0.182. The topological polar surface area (TPSA) is 17.1 Å². The summed E-state index contributed by atoms with van der Waals surface area (Å²) in [5, 5.41) is 0. The Balaban J connectivity index is 2.54. The molecule has 0 atom stereocenters. The van der Waals surface area contributed by atoms with Gasteiger partial charge in [0.25, 0.3) is 0 Å². The molecule has 0 unspecified atom stereocenters. The van der Waals surface area contributed by atoms with Crippen molar-refractivity contribution in [3.63, 3.8) is 0 Å². The molecule has 0 heterocycles. The Labute approximate surface area is 97.9 Å². The highest BCUT2D eigenvalue weighted by Crippen LogP contribution is 2.44. The number of carbonyl (C=O) groups is 1. The molecule has 0 aliphatic heterocycles. The van der Waals surface area contributed by atoms with E-state index in [-0.39, 0.29) is 5.78 Å². The van der Waals surface area contributed by atoms with Gasteiger partial charge < -0.3 is 0 Å². The minimum Gasteiger partial charge on any atom is -0.295 e. The quantitative estimate of drug-likeness (QED) is 0.692. The average Bonchev–Trinajstić information content (AvgIpc) is 2.99. The normalized spacial score (nSPS) is 15.6. The molecule has 0 saturated heterocycles. The Bertz CT molecular complexity index is 425. The van der Waals surface area contributed by atoms with E-state index in [1.54, 1.807) is 6.92 Å². The molecule has 0 amide bonds. The van der Waals surface area contributed by atoms with Gasteiger partial charge in [0, 0.05) is 5.56 Å². The number of hydrogen-bond donors (Lipinski definition) is 0. The van der Waals surface area contributed by atoms with Gasteiger partial charge in [0.1, 0.15) is 0 Å².